The van der Waals surface area contributed by atoms with E-state index in [1.807, 2.05) is 48.5 Å². The minimum absolute atomic E-state index is 0. The Hall–Kier alpha value is -2.57. The maximum Gasteiger partial charge on any atom is 0.243 e. The van der Waals surface area contributed by atoms with E-state index in [2.05, 4.69) is 10.1 Å². The molecule has 0 aliphatic rings. The zero-order valence-electron chi connectivity index (χ0n) is 14.7. The normalized spacial score (nSPS) is 11.5. The second-order valence-electron chi connectivity index (χ2n) is 5.71. The molecular formula is C19H22ClN3O3. The molecule has 6 nitrogen and oxygen atoms in total. The van der Waals surface area contributed by atoms with E-state index in [0.29, 0.717) is 36.1 Å². The average molecular weight is 376 g/mol. The van der Waals surface area contributed by atoms with Crippen LogP contribution in [0, 0.1) is 0 Å². The number of rotatable bonds is 7. The highest BCUT2D eigenvalue weighted by molar-refractivity contribution is 5.85. The Kier molecular flexibility index (Phi) is 7.00. The standard InChI is InChI=1S/C19H21N3O3.ClH/c1-23-16-9-8-14(11-17(16)24-2)12-18-21-19(25-22-18)15(20)10-13-6-4-3-5-7-13;/h3-9,11,15H,10,12,20H2,1-2H3;1H. The first-order chi connectivity index (χ1) is 12.2. The van der Waals surface area contributed by atoms with Crippen molar-refractivity contribution in [2.45, 2.75) is 18.9 Å². The first-order valence-electron chi connectivity index (χ1n) is 8.02. The van der Waals surface area contributed by atoms with E-state index in [-0.39, 0.29) is 18.4 Å². The van der Waals surface area contributed by atoms with Crippen LogP contribution in [0.3, 0.4) is 0 Å². The molecule has 1 heterocycles. The van der Waals surface area contributed by atoms with Gasteiger partial charge in [0.25, 0.3) is 0 Å². The maximum absolute atomic E-state index is 6.18. The lowest BCUT2D eigenvalue weighted by molar-refractivity contribution is 0.350. The van der Waals surface area contributed by atoms with Gasteiger partial charge in [-0.25, -0.2) is 0 Å². The molecular weight excluding hydrogens is 354 g/mol. The lowest BCUT2D eigenvalue weighted by atomic mass is 10.1. The van der Waals surface area contributed by atoms with Crippen LogP contribution in [0.4, 0.5) is 0 Å². The molecule has 7 heteroatoms. The first kappa shape index (κ1) is 19.8. The predicted molar refractivity (Wildman–Crippen MR) is 101 cm³/mol. The van der Waals surface area contributed by atoms with Gasteiger partial charge in [0, 0.05) is 6.42 Å². The molecule has 0 amide bonds. The molecule has 0 aliphatic carbocycles. The fourth-order valence-corrected chi connectivity index (χ4v) is 2.62. The summed E-state index contributed by atoms with van der Waals surface area (Å²) < 4.78 is 15.9. The van der Waals surface area contributed by atoms with Crippen molar-refractivity contribution in [3.63, 3.8) is 0 Å². The second-order valence-corrected chi connectivity index (χ2v) is 5.71. The summed E-state index contributed by atoms with van der Waals surface area (Å²) in [6.07, 6.45) is 1.18. The van der Waals surface area contributed by atoms with Crippen LogP contribution in [-0.2, 0) is 12.8 Å². The van der Waals surface area contributed by atoms with Crippen LogP contribution in [0.25, 0.3) is 0 Å². The Morgan fingerprint density at radius 2 is 1.73 bits per heavy atom. The van der Waals surface area contributed by atoms with Crippen molar-refractivity contribution >= 4 is 12.4 Å². The largest absolute Gasteiger partial charge is 0.493 e. The third-order valence-electron chi connectivity index (χ3n) is 3.91. The van der Waals surface area contributed by atoms with E-state index in [0.717, 1.165) is 11.1 Å². The number of hydrogen-bond acceptors (Lipinski definition) is 6. The molecule has 0 saturated heterocycles. The SMILES string of the molecule is COc1ccc(Cc2noc(C(N)Cc3ccccc3)n2)cc1OC.Cl. The molecule has 0 aliphatic heterocycles. The lowest BCUT2D eigenvalue weighted by Gasteiger charge is -2.08. The summed E-state index contributed by atoms with van der Waals surface area (Å²) in [7, 11) is 3.22. The highest BCUT2D eigenvalue weighted by Gasteiger charge is 2.16. The van der Waals surface area contributed by atoms with E-state index in [4.69, 9.17) is 19.7 Å². The molecule has 0 radical (unpaired) electrons. The predicted octanol–water partition coefficient (Wildman–Crippen LogP) is 3.34. The minimum atomic E-state index is -0.325. The molecule has 0 fully saturated rings. The summed E-state index contributed by atoms with van der Waals surface area (Å²) in [6.45, 7) is 0. The van der Waals surface area contributed by atoms with Crippen LogP contribution in [0.1, 0.15) is 28.9 Å². The zero-order valence-corrected chi connectivity index (χ0v) is 15.5. The third-order valence-corrected chi connectivity index (χ3v) is 3.91. The van der Waals surface area contributed by atoms with Gasteiger partial charge in [-0.05, 0) is 29.7 Å². The van der Waals surface area contributed by atoms with Crippen LogP contribution in [0.15, 0.2) is 53.1 Å². The van der Waals surface area contributed by atoms with Gasteiger partial charge in [-0.1, -0.05) is 41.6 Å². The summed E-state index contributed by atoms with van der Waals surface area (Å²) in [5.41, 5.74) is 8.32. The molecule has 0 saturated carbocycles. The van der Waals surface area contributed by atoms with Crippen molar-refractivity contribution in [3.8, 4) is 11.5 Å². The van der Waals surface area contributed by atoms with Crippen molar-refractivity contribution in [1.82, 2.24) is 10.1 Å². The summed E-state index contributed by atoms with van der Waals surface area (Å²) >= 11 is 0. The number of halogens is 1. The topological polar surface area (TPSA) is 83.4 Å². The third kappa shape index (κ3) is 4.74. The molecule has 1 unspecified atom stereocenters. The van der Waals surface area contributed by atoms with Gasteiger partial charge in [-0.15, -0.1) is 12.4 Å². The van der Waals surface area contributed by atoms with E-state index < -0.39 is 0 Å². The van der Waals surface area contributed by atoms with Crippen molar-refractivity contribution in [2.24, 2.45) is 5.73 Å². The Balaban J connectivity index is 0.00000243. The van der Waals surface area contributed by atoms with Gasteiger partial charge in [0.15, 0.2) is 17.3 Å². The quantitative estimate of drug-likeness (QED) is 0.681. The van der Waals surface area contributed by atoms with Crippen LogP contribution in [0.2, 0.25) is 0 Å². The maximum atomic E-state index is 6.18. The fourth-order valence-electron chi connectivity index (χ4n) is 2.62. The molecule has 3 aromatic rings. The van der Waals surface area contributed by atoms with Crippen LogP contribution >= 0.6 is 12.4 Å². The molecule has 138 valence electrons. The zero-order chi connectivity index (χ0) is 17.6. The summed E-state index contributed by atoms with van der Waals surface area (Å²) in [5.74, 6) is 2.39. The number of nitrogens with two attached hydrogens (primary N) is 1. The lowest BCUT2D eigenvalue weighted by Crippen LogP contribution is -2.13. The van der Waals surface area contributed by atoms with Gasteiger partial charge >= 0.3 is 0 Å². The van der Waals surface area contributed by atoms with Gasteiger partial charge in [-0.3, -0.25) is 0 Å². The number of nitrogens with zero attached hydrogens (tertiary/aromatic N) is 2. The van der Waals surface area contributed by atoms with E-state index >= 15 is 0 Å². The Labute approximate surface area is 158 Å². The molecule has 26 heavy (non-hydrogen) atoms. The van der Waals surface area contributed by atoms with Gasteiger partial charge < -0.3 is 19.7 Å². The second kappa shape index (κ2) is 9.22. The number of benzene rings is 2. The van der Waals surface area contributed by atoms with Crippen LogP contribution in [0.5, 0.6) is 11.5 Å². The summed E-state index contributed by atoms with van der Waals surface area (Å²) in [5, 5.41) is 4.03. The summed E-state index contributed by atoms with van der Waals surface area (Å²) in [4.78, 5) is 4.42. The van der Waals surface area contributed by atoms with E-state index in [9.17, 15) is 0 Å². The minimum Gasteiger partial charge on any atom is -0.493 e. The van der Waals surface area contributed by atoms with E-state index in [1.165, 1.54) is 0 Å². The molecule has 1 aromatic heterocycles. The van der Waals surface area contributed by atoms with Crippen LogP contribution in [-0.4, -0.2) is 24.4 Å². The number of methoxy groups -OCH3 is 2. The smallest absolute Gasteiger partial charge is 0.243 e. The van der Waals surface area contributed by atoms with Gasteiger partial charge in [-0.2, -0.15) is 4.98 Å². The fraction of sp³-hybridized carbons (Fsp3) is 0.263. The highest BCUT2D eigenvalue weighted by Crippen LogP contribution is 2.28. The monoisotopic (exact) mass is 375 g/mol. The Morgan fingerprint density at radius 3 is 2.42 bits per heavy atom. The van der Waals surface area contributed by atoms with Crippen molar-refractivity contribution in [3.05, 3.63) is 71.4 Å². The Morgan fingerprint density at radius 1 is 1.00 bits per heavy atom. The summed E-state index contributed by atoms with van der Waals surface area (Å²) in [6, 6.07) is 15.4. The van der Waals surface area contributed by atoms with Crippen molar-refractivity contribution < 1.29 is 14.0 Å². The van der Waals surface area contributed by atoms with E-state index in [1.54, 1.807) is 14.2 Å². The molecule has 1 atom stereocenters. The van der Waals surface area contributed by atoms with Gasteiger partial charge in [0.05, 0.1) is 20.3 Å². The number of aromatic nitrogens is 2. The Bertz CT molecular complexity index is 824. The van der Waals surface area contributed by atoms with Gasteiger partial charge in [0.2, 0.25) is 5.89 Å². The molecule has 0 spiro atoms. The molecule has 2 aromatic carbocycles. The highest BCUT2D eigenvalue weighted by atomic mass is 35.5. The molecule has 2 N–H and O–H groups in total. The number of hydrogen-bond donors (Lipinski definition) is 1. The average Bonchev–Trinajstić information content (AvgIpc) is 3.11. The first-order valence-corrected chi connectivity index (χ1v) is 8.02. The molecule has 3 rings (SSSR count). The van der Waals surface area contributed by atoms with Crippen molar-refractivity contribution in [1.29, 1.82) is 0 Å². The molecule has 0 bridgehead atoms. The van der Waals surface area contributed by atoms with Crippen molar-refractivity contribution in [2.75, 3.05) is 14.2 Å². The number of ether oxygens (including phenoxy) is 2. The van der Waals surface area contributed by atoms with Gasteiger partial charge in [0.1, 0.15) is 0 Å². The van der Waals surface area contributed by atoms with Crippen LogP contribution < -0.4 is 15.2 Å².